The molecule has 1 saturated heterocycles. The molecule has 1 amide bonds. The minimum Gasteiger partial charge on any atom is -0.480 e. The lowest BCUT2D eigenvalue weighted by Gasteiger charge is -2.26. The van der Waals surface area contributed by atoms with Crippen LogP contribution in [0.3, 0.4) is 0 Å². The van der Waals surface area contributed by atoms with Crippen molar-refractivity contribution in [2.75, 3.05) is 19.8 Å². The maximum absolute atomic E-state index is 11.7. The van der Waals surface area contributed by atoms with Gasteiger partial charge in [0.1, 0.15) is 5.54 Å². The van der Waals surface area contributed by atoms with Gasteiger partial charge in [-0.2, -0.15) is 0 Å². The molecule has 6 heteroatoms. The van der Waals surface area contributed by atoms with Gasteiger partial charge in [0.2, 0.25) is 5.91 Å². The summed E-state index contributed by atoms with van der Waals surface area (Å²) < 4.78 is 5.20. The van der Waals surface area contributed by atoms with E-state index in [-0.39, 0.29) is 18.5 Å². The van der Waals surface area contributed by atoms with Crippen LogP contribution in [0.1, 0.15) is 33.1 Å². The van der Waals surface area contributed by atoms with Gasteiger partial charge in [0.25, 0.3) is 0 Å². The molecule has 1 aliphatic rings. The SMILES string of the molecule is CCC(C)(NCC(=O)NC1CCOCC1)C(=O)O. The van der Waals surface area contributed by atoms with Crippen LogP contribution in [-0.4, -0.2) is 48.3 Å². The maximum Gasteiger partial charge on any atom is 0.323 e. The Kier molecular flexibility index (Phi) is 5.55. The fraction of sp³-hybridized carbons (Fsp3) is 0.833. The van der Waals surface area contributed by atoms with Gasteiger partial charge >= 0.3 is 5.97 Å². The summed E-state index contributed by atoms with van der Waals surface area (Å²) in [7, 11) is 0. The van der Waals surface area contributed by atoms with Gasteiger partial charge in [0.15, 0.2) is 0 Å². The summed E-state index contributed by atoms with van der Waals surface area (Å²) in [5.41, 5.74) is -1.05. The van der Waals surface area contributed by atoms with Gasteiger partial charge in [-0.1, -0.05) is 6.92 Å². The molecule has 1 fully saturated rings. The second-order valence-corrected chi connectivity index (χ2v) is 4.80. The van der Waals surface area contributed by atoms with Gasteiger partial charge < -0.3 is 15.2 Å². The van der Waals surface area contributed by atoms with Crippen LogP contribution in [0.25, 0.3) is 0 Å². The number of carbonyl (C=O) groups excluding carboxylic acids is 1. The normalized spacial score (nSPS) is 20.1. The first-order valence-electron chi connectivity index (χ1n) is 6.33. The van der Waals surface area contributed by atoms with Gasteiger partial charge in [0.05, 0.1) is 6.54 Å². The van der Waals surface area contributed by atoms with Gasteiger partial charge in [0, 0.05) is 19.3 Å². The predicted octanol–water partition coefficient (Wildman–Crippen LogP) is 0.125. The quantitative estimate of drug-likeness (QED) is 0.630. The van der Waals surface area contributed by atoms with Crippen molar-refractivity contribution < 1.29 is 19.4 Å². The van der Waals surface area contributed by atoms with E-state index < -0.39 is 11.5 Å². The first-order chi connectivity index (χ1) is 8.48. The van der Waals surface area contributed by atoms with Gasteiger partial charge in [-0.25, -0.2) is 0 Å². The summed E-state index contributed by atoms with van der Waals surface area (Å²) in [6, 6.07) is 0.144. The van der Waals surface area contributed by atoms with Crippen LogP contribution in [-0.2, 0) is 14.3 Å². The molecule has 0 spiro atoms. The molecular formula is C12H22N2O4. The molecule has 0 aromatic rings. The highest BCUT2D eigenvalue weighted by molar-refractivity contribution is 5.82. The summed E-state index contributed by atoms with van der Waals surface area (Å²) >= 11 is 0. The standard InChI is InChI=1S/C12H22N2O4/c1-3-12(2,11(16)17)13-8-10(15)14-9-4-6-18-7-5-9/h9,13H,3-8H2,1-2H3,(H,14,15)(H,16,17). The van der Waals surface area contributed by atoms with Crippen LogP contribution in [0.4, 0.5) is 0 Å². The largest absolute Gasteiger partial charge is 0.480 e. The highest BCUT2D eigenvalue weighted by Gasteiger charge is 2.31. The van der Waals surface area contributed by atoms with Crippen LogP contribution in [0.15, 0.2) is 0 Å². The summed E-state index contributed by atoms with van der Waals surface area (Å²) in [6.07, 6.45) is 2.05. The Morgan fingerprint density at radius 2 is 2.00 bits per heavy atom. The van der Waals surface area contributed by atoms with Crippen LogP contribution in [0, 0.1) is 0 Å². The molecule has 1 unspecified atom stereocenters. The van der Waals surface area contributed by atoms with Crippen molar-refractivity contribution in [1.29, 1.82) is 0 Å². The molecule has 0 aromatic heterocycles. The van der Waals surface area contributed by atoms with Gasteiger partial charge in [-0.05, 0) is 26.2 Å². The van der Waals surface area contributed by atoms with E-state index in [4.69, 9.17) is 9.84 Å². The number of carboxylic acids is 1. The number of ether oxygens (including phenoxy) is 1. The molecular weight excluding hydrogens is 236 g/mol. The van der Waals surface area contributed by atoms with E-state index in [1.807, 2.05) is 0 Å². The fourth-order valence-corrected chi connectivity index (χ4v) is 1.75. The highest BCUT2D eigenvalue weighted by atomic mass is 16.5. The van der Waals surface area contributed by atoms with E-state index >= 15 is 0 Å². The third-order valence-electron chi connectivity index (χ3n) is 3.40. The average molecular weight is 258 g/mol. The number of aliphatic carboxylic acids is 1. The number of carbonyl (C=O) groups is 2. The molecule has 0 aliphatic carbocycles. The second-order valence-electron chi connectivity index (χ2n) is 4.80. The minimum absolute atomic E-state index is 0.0218. The van der Waals surface area contributed by atoms with E-state index in [1.165, 1.54) is 0 Å². The van der Waals surface area contributed by atoms with Crippen LogP contribution in [0.2, 0.25) is 0 Å². The van der Waals surface area contributed by atoms with Crippen molar-refractivity contribution in [3.8, 4) is 0 Å². The lowest BCUT2D eigenvalue weighted by molar-refractivity contribution is -0.144. The lowest BCUT2D eigenvalue weighted by atomic mass is 9.99. The van der Waals surface area contributed by atoms with Crippen LogP contribution in [0.5, 0.6) is 0 Å². The Bertz CT molecular complexity index is 302. The van der Waals surface area contributed by atoms with Gasteiger partial charge in [-0.15, -0.1) is 0 Å². The van der Waals surface area contributed by atoms with E-state index in [0.29, 0.717) is 19.6 Å². The Balaban J connectivity index is 2.33. The number of rotatable bonds is 6. The maximum atomic E-state index is 11.7. The molecule has 18 heavy (non-hydrogen) atoms. The zero-order valence-corrected chi connectivity index (χ0v) is 11.0. The van der Waals surface area contributed by atoms with Crippen molar-refractivity contribution in [2.24, 2.45) is 0 Å². The molecule has 104 valence electrons. The van der Waals surface area contributed by atoms with Crippen molar-refractivity contribution in [3.63, 3.8) is 0 Å². The molecule has 0 radical (unpaired) electrons. The van der Waals surface area contributed by atoms with Crippen molar-refractivity contribution in [3.05, 3.63) is 0 Å². The fourth-order valence-electron chi connectivity index (χ4n) is 1.75. The first kappa shape index (κ1) is 14.9. The second kappa shape index (κ2) is 6.70. The van der Waals surface area contributed by atoms with E-state index in [0.717, 1.165) is 12.8 Å². The number of carboxylic acid groups (broad SMARTS) is 1. The zero-order chi connectivity index (χ0) is 13.6. The Morgan fingerprint density at radius 3 is 2.50 bits per heavy atom. The third kappa shape index (κ3) is 4.27. The number of hydrogen-bond acceptors (Lipinski definition) is 4. The Labute approximate surface area is 107 Å². The van der Waals surface area contributed by atoms with E-state index in [2.05, 4.69) is 10.6 Å². The number of hydrogen-bond donors (Lipinski definition) is 3. The Hall–Kier alpha value is -1.14. The first-order valence-corrected chi connectivity index (χ1v) is 6.33. The monoisotopic (exact) mass is 258 g/mol. The van der Waals surface area contributed by atoms with Crippen molar-refractivity contribution in [1.82, 2.24) is 10.6 Å². The van der Waals surface area contributed by atoms with E-state index in [9.17, 15) is 9.59 Å². The molecule has 6 nitrogen and oxygen atoms in total. The summed E-state index contributed by atoms with van der Waals surface area (Å²) in [4.78, 5) is 22.7. The predicted molar refractivity (Wildman–Crippen MR) is 66.3 cm³/mol. The Morgan fingerprint density at radius 1 is 1.39 bits per heavy atom. The number of nitrogens with one attached hydrogen (secondary N) is 2. The average Bonchev–Trinajstić information content (AvgIpc) is 2.37. The third-order valence-corrected chi connectivity index (χ3v) is 3.40. The zero-order valence-electron chi connectivity index (χ0n) is 11.0. The molecule has 3 N–H and O–H groups in total. The highest BCUT2D eigenvalue weighted by Crippen LogP contribution is 2.09. The molecule has 1 rings (SSSR count). The minimum atomic E-state index is -1.05. The topological polar surface area (TPSA) is 87.7 Å². The van der Waals surface area contributed by atoms with E-state index in [1.54, 1.807) is 13.8 Å². The van der Waals surface area contributed by atoms with Gasteiger partial charge in [-0.3, -0.25) is 14.9 Å². The smallest absolute Gasteiger partial charge is 0.323 e. The lowest BCUT2D eigenvalue weighted by Crippen LogP contribution is -2.53. The van der Waals surface area contributed by atoms with Crippen molar-refractivity contribution in [2.45, 2.75) is 44.7 Å². The van der Waals surface area contributed by atoms with Crippen LogP contribution < -0.4 is 10.6 Å². The molecule has 1 aliphatic heterocycles. The number of amides is 1. The van der Waals surface area contributed by atoms with Crippen molar-refractivity contribution >= 4 is 11.9 Å². The molecule has 1 atom stereocenters. The molecule has 0 aromatic carbocycles. The molecule has 0 bridgehead atoms. The summed E-state index contributed by atoms with van der Waals surface area (Å²) in [6.45, 7) is 4.71. The summed E-state index contributed by atoms with van der Waals surface area (Å²) in [5, 5.41) is 14.7. The molecule has 1 heterocycles. The van der Waals surface area contributed by atoms with Crippen LogP contribution >= 0.6 is 0 Å². The molecule has 0 saturated carbocycles. The summed E-state index contributed by atoms with van der Waals surface area (Å²) in [5.74, 6) is -1.10.